The molecule has 5 rings (SSSR count). The molecule has 0 radical (unpaired) electrons. The van der Waals surface area contributed by atoms with E-state index in [1.165, 1.54) is 22.4 Å². The van der Waals surface area contributed by atoms with E-state index in [1.807, 2.05) is 6.07 Å². The molecule has 5 aromatic rings. The van der Waals surface area contributed by atoms with Gasteiger partial charge >= 0.3 is 5.97 Å². The van der Waals surface area contributed by atoms with Crippen LogP contribution in [0, 0.1) is 0 Å². The van der Waals surface area contributed by atoms with E-state index < -0.39 is 5.97 Å². The Morgan fingerprint density at radius 1 is 0.872 bits per heavy atom. The Kier molecular flexibility index (Phi) is 8.70. The Bertz CT molecular complexity index is 1510. The highest BCUT2D eigenvalue weighted by molar-refractivity contribution is 9.09. The van der Waals surface area contributed by atoms with E-state index in [9.17, 15) is 9.90 Å². The van der Waals surface area contributed by atoms with E-state index in [-0.39, 0.29) is 11.6 Å². The van der Waals surface area contributed by atoms with Gasteiger partial charge in [0.1, 0.15) is 5.75 Å². The second kappa shape index (κ2) is 12.5. The summed E-state index contributed by atoms with van der Waals surface area (Å²) in [6.07, 6.45) is 2.58. The van der Waals surface area contributed by atoms with Crippen LogP contribution >= 0.6 is 27.5 Å². The predicted molar refractivity (Wildman–Crippen MR) is 162 cm³/mol. The Balaban J connectivity index is 1.60. The van der Waals surface area contributed by atoms with E-state index in [1.54, 1.807) is 24.3 Å². The van der Waals surface area contributed by atoms with Crippen LogP contribution in [0.15, 0.2) is 103 Å². The molecule has 0 aliphatic rings. The van der Waals surface area contributed by atoms with Crippen LogP contribution < -0.4 is 4.74 Å². The maximum absolute atomic E-state index is 11.2. The molecule has 0 amide bonds. The van der Waals surface area contributed by atoms with Gasteiger partial charge in [-0.15, -0.1) is 0 Å². The predicted octanol–water partition coefficient (Wildman–Crippen LogP) is 8.58. The lowest BCUT2D eigenvalue weighted by Crippen LogP contribution is -2.16. The van der Waals surface area contributed by atoms with Crippen molar-refractivity contribution < 1.29 is 14.6 Å². The van der Waals surface area contributed by atoms with Gasteiger partial charge < -0.3 is 14.4 Å². The molecular weight excluding hydrogens is 574 g/mol. The second-order valence-electron chi connectivity index (χ2n) is 9.40. The van der Waals surface area contributed by atoms with Crippen LogP contribution in [0.2, 0.25) is 5.02 Å². The Labute approximate surface area is 241 Å². The van der Waals surface area contributed by atoms with Gasteiger partial charge in [0.05, 0.1) is 18.2 Å². The highest BCUT2D eigenvalue weighted by atomic mass is 79.9. The zero-order valence-corrected chi connectivity index (χ0v) is 23.7. The minimum absolute atomic E-state index is 0.000340. The fourth-order valence-electron chi connectivity index (χ4n) is 5.21. The molecule has 0 aliphatic carbocycles. The van der Waals surface area contributed by atoms with Gasteiger partial charge in [-0.2, -0.15) is 0 Å². The molecule has 4 nitrogen and oxygen atoms in total. The molecule has 198 valence electrons. The van der Waals surface area contributed by atoms with Crippen LogP contribution in [0.25, 0.3) is 10.9 Å². The SMILES string of the molecule is O=C(O)c1ccc(OCCc2c(CCCBr)n(C(c3ccccc3)c3ccccc3)c3ccc(Cl)cc23)cc1. The molecule has 0 atom stereocenters. The maximum atomic E-state index is 11.2. The van der Waals surface area contributed by atoms with Gasteiger partial charge in [0.2, 0.25) is 0 Å². The number of fused-ring (bicyclic) bond motifs is 1. The molecular formula is C33H29BrClNO3. The van der Waals surface area contributed by atoms with Crippen molar-refractivity contribution in [3.63, 3.8) is 0 Å². The molecule has 0 saturated carbocycles. The average Bonchev–Trinajstić information content (AvgIpc) is 3.25. The van der Waals surface area contributed by atoms with Crippen molar-refractivity contribution in [3.05, 3.63) is 136 Å². The fraction of sp³-hybridized carbons (Fsp3) is 0.182. The van der Waals surface area contributed by atoms with Gasteiger partial charge in [-0.3, -0.25) is 0 Å². The molecule has 0 spiro atoms. The van der Waals surface area contributed by atoms with Gasteiger partial charge in [0.25, 0.3) is 0 Å². The first kappa shape index (κ1) is 27.0. The van der Waals surface area contributed by atoms with E-state index in [0.29, 0.717) is 23.8 Å². The third-order valence-electron chi connectivity index (χ3n) is 6.94. The minimum Gasteiger partial charge on any atom is -0.493 e. The monoisotopic (exact) mass is 601 g/mol. The number of hydrogen-bond acceptors (Lipinski definition) is 2. The Morgan fingerprint density at radius 3 is 2.10 bits per heavy atom. The van der Waals surface area contributed by atoms with E-state index in [2.05, 4.69) is 93.3 Å². The summed E-state index contributed by atoms with van der Waals surface area (Å²) in [5, 5.41) is 11.9. The molecule has 0 fully saturated rings. The van der Waals surface area contributed by atoms with Crippen LogP contribution in [0.5, 0.6) is 5.75 Å². The molecule has 1 aromatic heterocycles. The zero-order valence-electron chi connectivity index (χ0n) is 21.4. The van der Waals surface area contributed by atoms with E-state index in [0.717, 1.165) is 29.1 Å². The van der Waals surface area contributed by atoms with Crippen molar-refractivity contribution in [3.8, 4) is 5.75 Å². The number of ether oxygens (including phenoxy) is 1. The lowest BCUT2D eigenvalue weighted by atomic mass is 9.97. The summed E-state index contributed by atoms with van der Waals surface area (Å²) < 4.78 is 8.56. The molecule has 0 bridgehead atoms. The number of halogens is 2. The number of benzene rings is 4. The van der Waals surface area contributed by atoms with Gasteiger partial charge in [0, 0.05) is 33.4 Å². The standard InChI is InChI=1S/C33H29BrClNO3/c34-20-7-12-30-28(19-21-39-27-16-13-25(14-17-27)33(37)38)29-22-26(35)15-18-31(29)36(30)32(23-8-3-1-4-9-23)24-10-5-2-6-11-24/h1-6,8-11,13-18,22,32H,7,12,19-21H2,(H,37,38). The fourth-order valence-corrected chi connectivity index (χ4v) is 5.66. The van der Waals surface area contributed by atoms with Gasteiger partial charge in [-0.25, -0.2) is 4.79 Å². The summed E-state index contributed by atoms with van der Waals surface area (Å²) in [7, 11) is 0. The minimum atomic E-state index is -0.950. The summed E-state index contributed by atoms with van der Waals surface area (Å²) in [6, 6.07) is 33.9. The summed E-state index contributed by atoms with van der Waals surface area (Å²) in [5.74, 6) is -0.302. The van der Waals surface area contributed by atoms with Crippen molar-refractivity contribution in [1.29, 1.82) is 0 Å². The van der Waals surface area contributed by atoms with E-state index >= 15 is 0 Å². The molecule has 0 unspecified atom stereocenters. The number of carbonyl (C=O) groups is 1. The summed E-state index contributed by atoms with van der Waals surface area (Å²) in [6.45, 7) is 0.459. The molecule has 39 heavy (non-hydrogen) atoms. The summed E-state index contributed by atoms with van der Waals surface area (Å²) in [4.78, 5) is 11.2. The van der Waals surface area contributed by atoms with Gasteiger partial charge in [0.15, 0.2) is 0 Å². The molecule has 6 heteroatoms. The number of aromatic carboxylic acids is 1. The van der Waals surface area contributed by atoms with Crippen LogP contribution in [0.1, 0.15) is 45.2 Å². The first-order valence-electron chi connectivity index (χ1n) is 13.0. The number of carboxylic acids is 1. The highest BCUT2D eigenvalue weighted by Gasteiger charge is 2.25. The Morgan fingerprint density at radius 2 is 1.51 bits per heavy atom. The quantitative estimate of drug-likeness (QED) is 0.154. The first-order valence-corrected chi connectivity index (χ1v) is 14.5. The summed E-state index contributed by atoms with van der Waals surface area (Å²) >= 11 is 10.2. The Hall–Kier alpha value is -3.54. The lowest BCUT2D eigenvalue weighted by molar-refractivity contribution is 0.0697. The summed E-state index contributed by atoms with van der Waals surface area (Å²) in [5.41, 5.74) is 6.32. The molecule has 1 N–H and O–H groups in total. The average molecular weight is 603 g/mol. The van der Waals surface area contributed by atoms with Crippen molar-refractivity contribution in [2.24, 2.45) is 0 Å². The van der Waals surface area contributed by atoms with Crippen LogP contribution in [-0.2, 0) is 12.8 Å². The number of carboxylic acid groups (broad SMARTS) is 1. The lowest BCUT2D eigenvalue weighted by Gasteiger charge is -2.25. The topological polar surface area (TPSA) is 51.5 Å². The smallest absolute Gasteiger partial charge is 0.335 e. The largest absolute Gasteiger partial charge is 0.493 e. The molecule has 0 saturated heterocycles. The third-order valence-corrected chi connectivity index (χ3v) is 7.74. The molecule has 1 heterocycles. The van der Waals surface area contributed by atoms with Gasteiger partial charge in [-0.05, 0) is 72.0 Å². The van der Waals surface area contributed by atoms with Crippen LogP contribution in [0.4, 0.5) is 0 Å². The van der Waals surface area contributed by atoms with E-state index in [4.69, 9.17) is 16.3 Å². The van der Waals surface area contributed by atoms with Gasteiger partial charge in [-0.1, -0.05) is 88.2 Å². The first-order chi connectivity index (χ1) is 19.1. The third kappa shape index (κ3) is 6.05. The second-order valence-corrected chi connectivity index (χ2v) is 10.6. The number of alkyl halides is 1. The maximum Gasteiger partial charge on any atom is 0.335 e. The number of aromatic nitrogens is 1. The number of nitrogens with zero attached hydrogens (tertiary/aromatic N) is 1. The van der Waals surface area contributed by atoms with Crippen molar-refractivity contribution in [2.45, 2.75) is 25.3 Å². The normalized spacial score (nSPS) is 11.3. The van der Waals surface area contributed by atoms with Crippen molar-refractivity contribution in [2.75, 3.05) is 11.9 Å². The molecule has 0 aliphatic heterocycles. The van der Waals surface area contributed by atoms with Crippen molar-refractivity contribution >= 4 is 44.4 Å². The van der Waals surface area contributed by atoms with Crippen molar-refractivity contribution in [1.82, 2.24) is 4.57 Å². The molecule has 4 aromatic carbocycles. The zero-order chi connectivity index (χ0) is 27.2. The van der Waals surface area contributed by atoms with Crippen LogP contribution in [-0.4, -0.2) is 27.6 Å². The highest BCUT2D eigenvalue weighted by Crippen LogP contribution is 2.38. The number of rotatable bonds is 11. The van der Waals surface area contributed by atoms with Crippen LogP contribution in [0.3, 0.4) is 0 Å². The number of hydrogen-bond donors (Lipinski definition) is 1.